The Kier molecular flexibility index (Phi) is 11.5. The number of rotatable bonds is 13. The van der Waals surface area contributed by atoms with Crippen LogP contribution in [0.5, 0.6) is 0 Å². The minimum absolute atomic E-state index is 0.0214. The molecule has 4 aromatic rings. The molecule has 0 aliphatic carbocycles. The number of benzene rings is 2. The predicted molar refractivity (Wildman–Crippen MR) is 203 cm³/mol. The molecule has 0 unspecified atom stereocenters. The minimum atomic E-state index is -1.01. The van der Waals surface area contributed by atoms with E-state index in [9.17, 15) is 19.2 Å². The number of ether oxygens (including phenoxy) is 2. The number of nitrogens with one attached hydrogen (secondary N) is 4. The highest BCUT2D eigenvalue weighted by atomic mass is 16.5. The summed E-state index contributed by atoms with van der Waals surface area (Å²) in [6, 6.07) is 16.1. The molecule has 4 heterocycles. The quantitative estimate of drug-likeness (QED) is 0.135. The SMILES string of the molecule is CNC(=O)OCC(C)(C)C(=O)N1CCC[C@H]1c1ncc(-c2ccc(-c3ccccc3)c(-c3cncn3[C@]3(C(=O)C[C@H](C)CNC(=O)OC)CCCN3)c2)[nH]1. The summed E-state index contributed by atoms with van der Waals surface area (Å²) in [5.74, 6) is 0.489. The van der Waals surface area contributed by atoms with E-state index in [2.05, 4.69) is 50.2 Å². The Balaban J connectivity index is 1.33. The Hall–Kier alpha value is -5.50. The highest BCUT2D eigenvalue weighted by Gasteiger charge is 2.44. The average Bonchev–Trinajstić information content (AvgIpc) is 4.03. The van der Waals surface area contributed by atoms with Crippen molar-refractivity contribution in [3.8, 4) is 33.6 Å². The van der Waals surface area contributed by atoms with Gasteiger partial charge in [-0.3, -0.25) is 14.9 Å². The molecule has 3 atom stereocenters. The average molecular weight is 739 g/mol. The second-order valence-electron chi connectivity index (χ2n) is 14.8. The number of ketones is 1. The summed E-state index contributed by atoms with van der Waals surface area (Å²) in [6.45, 7) is 7.03. The van der Waals surface area contributed by atoms with Gasteiger partial charge in [0.25, 0.3) is 0 Å². The van der Waals surface area contributed by atoms with Crippen LogP contribution < -0.4 is 16.0 Å². The van der Waals surface area contributed by atoms with E-state index in [0.29, 0.717) is 31.9 Å². The number of hydrogen-bond donors (Lipinski definition) is 4. The molecule has 4 N–H and O–H groups in total. The molecule has 2 fully saturated rings. The largest absolute Gasteiger partial charge is 0.453 e. The summed E-state index contributed by atoms with van der Waals surface area (Å²) in [7, 11) is 2.80. The molecule has 2 aliphatic rings. The highest BCUT2D eigenvalue weighted by molar-refractivity contribution is 5.90. The number of H-pyrrole nitrogens is 1. The molecule has 0 radical (unpaired) electrons. The van der Waals surface area contributed by atoms with Gasteiger partial charge in [0.05, 0.1) is 48.7 Å². The van der Waals surface area contributed by atoms with E-state index in [4.69, 9.17) is 14.5 Å². The van der Waals surface area contributed by atoms with E-state index in [-0.39, 0.29) is 36.7 Å². The monoisotopic (exact) mass is 738 g/mol. The molecule has 0 spiro atoms. The van der Waals surface area contributed by atoms with E-state index in [1.54, 1.807) is 32.6 Å². The lowest BCUT2D eigenvalue weighted by Crippen LogP contribution is -2.50. The van der Waals surface area contributed by atoms with Crippen LogP contribution in [0.1, 0.15) is 64.7 Å². The number of aromatic amines is 1. The third kappa shape index (κ3) is 7.88. The summed E-state index contributed by atoms with van der Waals surface area (Å²) in [5.41, 5.74) is 3.42. The predicted octanol–water partition coefficient (Wildman–Crippen LogP) is 5.64. The number of imidazole rings is 2. The lowest BCUT2D eigenvalue weighted by Gasteiger charge is -2.33. The topological polar surface area (TPSA) is 173 Å². The molecule has 286 valence electrons. The zero-order valence-electron chi connectivity index (χ0n) is 31.6. The van der Waals surface area contributed by atoms with Crippen LogP contribution in [-0.4, -0.2) is 88.7 Å². The van der Waals surface area contributed by atoms with Crippen molar-refractivity contribution in [2.45, 2.75) is 64.6 Å². The number of nitrogens with zero attached hydrogens (tertiary/aromatic N) is 4. The highest BCUT2D eigenvalue weighted by Crippen LogP contribution is 2.40. The summed E-state index contributed by atoms with van der Waals surface area (Å²) < 4.78 is 11.9. The minimum Gasteiger partial charge on any atom is -0.453 e. The fourth-order valence-electron chi connectivity index (χ4n) is 7.50. The number of likely N-dealkylation sites (tertiary alicyclic amines) is 1. The fraction of sp³-hybridized carbons (Fsp3) is 0.450. The van der Waals surface area contributed by atoms with Crippen LogP contribution in [0.4, 0.5) is 9.59 Å². The molecule has 54 heavy (non-hydrogen) atoms. The zero-order chi connectivity index (χ0) is 38.5. The van der Waals surface area contributed by atoms with Gasteiger partial charge >= 0.3 is 12.2 Å². The van der Waals surface area contributed by atoms with Gasteiger partial charge in [-0.05, 0) is 69.2 Å². The molecule has 14 nitrogen and oxygen atoms in total. The Morgan fingerprint density at radius 2 is 1.83 bits per heavy atom. The standard InChI is InChI=1S/C40H50N8O6/c1-26(21-44-38(52)53-5)19-34(49)40(16-10-17-45-40)48-25-42-23-33(48)30-20-28(14-15-29(30)27-11-7-6-8-12-27)31-22-43-35(46-31)32-13-9-18-47(32)36(50)39(2,3)24-54-37(51)41-4/h6-8,11-12,14-15,20,22-23,25-26,32,45H,9-10,13,16-19,21,24H2,1-5H3,(H,41,51)(H,43,46)(H,44,52)/t26-,32-,40-/m0/s1. The second-order valence-corrected chi connectivity index (χ2v) is 14.8. The van der Waals surface area contributed by atoms with Crippen molar-refractivity contribution < 1.29 is 28.7 Å². The van der Waals surface area contributed by atoms with Crippen molar-refractivity contribution in [3.63, 3.8) is 0 Å². The lowest BCUT2D eigenvalue weighted by molar-refractivity contribution is -0.143. The molecule has 2 aliphatic heterocycles. The van der Waals surface area contributed by atoms with Gasteiger partial charge in [-0.15, -0.1) is 0 Å². The Labute approximate surface area is 315 Å². The molecule has 0 saturated carbocycles. The normalized spacial score (nSPS) is 19.0. The van der Waals surface area contributed by atoms with Crippen LogP contribution in [0, 0.1) is 11.3 Å². The summed E-state index contributed by atoms with van der Waals surface area (Å²) in [5, 5.41) is 8.66. The van der Waals surface area contributed by atoms with Gasteiger partial charge in [-0.1, -0.05) is 49.4 Å². The summed E-state index contributed by atoms with van der Waals surface area (Å²) in [4.78, 5) is 66.1. The number of alkyl carbamates (subject to hydrolysis) is 2. The van der Waals surface area contributed by atoms with Crippen molar-refractivity contribution >= 4 is 23.9 Å². The third-order valence-electron chi connectivity index (χ3n) is 10.4. The number of methoxy groups -OCH3 is 1. The van der Waals surface area contributed by atoms with Crippen molar-refractivity contribution in [3.05, 3.63) is 73.1 Å². The first-order valence-corrected chi connectivity index (χ1v) is 18.5. The maximum atomic E-state index is 14.2. The first-order valence-electron chi connectivity index (χ1n) is 18.5. The maximum absolute atomic E-state index is 14.2. The number of amides is 3. The third-order valence-corrected chi connectivity index (χ3v) is 10.4. The van der Waals surface area contributed by atoms with Crippen molar-refractivity contribution in [1.82, 2.24) is 40.4 Å². The zero-order valence-corrected chi connectivity index (χ0v) is 31.6. The molecule has 2 saturated heterocycles. The van der Waals surface area contributed by atoms with E-state index >= 15 is 0 Å². The summed E-state index contributed by atoms with van der Waals surface area (Å²) >= 11 is 0. The van der Waals surface area contributed by atoms with Gasteiger partial charge in [0.2, 0.25) is 5.91 Å². The first kappa shape index (κ1) is 38.2. The van der Waals surface area contributed by atoms with Gasteiger partial charge in [-0.2, -0.15) is 0 Å². The van der Waals surface area contributed by atoms with Crippen LogP contribution in [0.2, 0.25) is 0 Å². The molecule has 3 amide bonds. The molecular weight excluding hydrogens is 688 g/mol. The van der Waals surface area contributed by atoms with Crippen molar-refractivity contribution in [2.24, 2.45) is 11.3 Å². The molecular formula is C40H50N8O6. The van der Waals surface area contributed by atoms with Gasteiger partial charge in [-0.25, -0.2) is 19.6 Å². The van der Waals surface area contributed by atoms with Gasteiger partial charge in [0.1, 0.15) is 12.4 Å². The van der Waals surface area contributed by atoms with E-state index in [1.807, 2.05) is 40.7 Å². The van der Waals surface area contributed by atoms with E-state index in [1.165, 1.54) is 14.2 Å². The smallest absolute Gasteiger partial charge is 0.406 e. The second kappa shape index (κ2) is 16.3. The number of aromatic nitrogens is 4. The van der Waals surface area contributed by atoms with Crippen LogP contribution in [-0.2, 0) is 24.7 Å². The Morgan fingerprint density at radius 1 is 1.04 bits per heavy atom. The summed E-state index contributed by atoms with van der Waals surface area (Å²) in [6.07, 6.45) is 7.47. The van der Waals surface area contributed by atoms with E-state index < -0.39 is 23.3 Å². The molecule has 2 aromatic carbocycles. The van der Waals surface area contributed by atoms with Gasteiger partial charge < -0.3 is 34.6 Å². The molecule has 14 heteroatoms. The van der Waals surface area contributed by atoms with E-state index in [0.717, 1.165) is 52.9 Å². The van der Waals surface area contributed by atoms with Crippen LogP contribution in [0.25, 0.3) is 33.6 Å². The van der Waals surface area contributed by atoms with Crippen molar-refractivity contribution in [1.29, 1.82) is 0 Å². The van der Waals surface area contributed by atoms with Gasteiger partial charge in [0, 0.05) is 37.7 Å². The van der Waals surface area contributed by atoms with Crippen LogP contribution in [0.15, 0.2) is 67.3 Å². The molecule has 0 bridgehead atoms. The fourth-order valence-corrected chi connectivity index (χ4v) is 7.50. The number of carbonyl (C=O) groups excluding carboxylic acids is 4. The number of carbonyl (C=O) groups is 4. The molecule has 6 rings (SSSR count). The Bertz CT molecular complexity index is 1960. The number of Topliss-reactive ketones (excluding diaryl/α,β-unsaturated/α-hetero) is 1. The first-order chi connectivity index (χ1) is 26.0. The number of hydrogen-bond acceptors (Lipinski definition) is 9. The Morgan fingerprint density at radius 3 is 2.56 bits per heavy atom. The van der Waals surface area contributed by atoms with Gasteiger partial charge in [0.15, 0.2) is 11.4 Å². The van der Waals surface area contributed by atoms with Crippen molar-refractivity contribution in [2.75, 3.05) is 40.4 Å². The van der Waals surface area contributed by atoms with Crippen LogP contribution >= 0.6 is 0 Å². The maximum Gasteiger partial charge on any atom is 0.406 e. The van der Waals surface area contributed by atoms with Crippen LogP contribution in [0.3, 0.4) is 0 Å². The molecule has 2 aromatic heterocycles. The lowest BCUT2D eigenvalue weighted by atomic mass is 9.91.